The number of aromatic nitrogens is 3. The number of carbonyl (C=O) groups is 1. The van der Waals surface area contributed by atoms with Gasteiger partial charge in [-0.3, -0.25) is 0 Å². The smallest absolute Gasteiger partial charge is 0.356 e. The van der Waals surface area contributed by atoms with E-state index in [1.54, 1.807) is 12.1 Å². The van der Waals surface area contributed by atoms with Gasteiger partial charge in [-0.15, -0.1) is 0 Å². The van der Waals surface area contributed by atoms with Gasteiger partial charge >= 0.3 is 5.97 Å². The Morgan fingerprint density at radius 2 is 1.95 bits per heavy atom. The number of aryl methyl sites for hydroxylation is 1. The molecule has 3 heterocycles. The molecule has 39 heavy (non-hydrogen) atoms. The van der Waals surface area contributed by atoms with Gasteiger partial charge in [0.1, 0.15) is 11.2 Å². The van der Waals surface area contributed by atoms with E-state index in [0.717, 1.165) is 30.5 Å². The molecule has 0 radical (unpaired) electrons. The molecule has 1 saturated carbocycles. The van der Waals surface area contributed by atoms with Crippen molar-refractivity contribution in [2.24, 2.45) is 5.92 Å². The summed E-state index contributed by atoms with van der Waals surface area (Å²) >= 11 is 5.94. The summed E-state index contributed by atoms with van der Waals surface area (Å²) < 4.78 is 0. The molecule has 2 aromatic heterocycles. The van der Waals surface area contributed by atoms with Crippen LogP contribution in [0.1, 0.15) is 64.6 Å². The first-order valence-electron chi connectivity index (χ1n) is 13.0. The van der Waals surface area contributed by atoms with Crippen LogP contribution in [0.25, 0.3) is 11.0 Å². The lowest BCUT2D eigenvalue weighted by molar-refractivity contribution is 0.0691. The number of pyridine rings is 1. The average molecular weight is 539 g/mol. The Balaban J connectivity index is 1.36. The number of anilines is 2. The standard InChI is InChI=1S/C30H27ClN6O2/c1-16-10-21(17(2)33-23-8-9-26(31)35-28(23)30(38)39)27-24(11-16)34-25(14-32)29(36-27)37-15-19-12-20(37)13-22(19)18-6-4-3-5-7-18/h3-11,17,19-20,22,33H,12-13,15H2,1-2H3,(H,38,39)/t17-,19?,20?,22?/m1/s1. The summed E-state index contributed by atoms with van der Waals surface area (Å²) in [7, 11) is 0. The molecule has 6 rings (SSSR count). The van der Waals surface area contributed by atoms with E-state index in [4.69, 9.17) is 21.6 Å². The van der Waals surface area contributed by atoms with E-state index in [-0.39, 0.29) is 16.9 Å². The minimum absolute atomic E-state index is 0.112. The first kappa shape index (κ1) is 25.1. The molecule has 196 valence electrons. The van der Waals surface area contributed by atoms with Crippen molar-refractivity contribution in [2.75, 3.05) is 16.8 Å². The third-order valence-corrected chi connectivity index (χ3v) is 8.19. The van der Waals surface area contributed by atoms with E-state index in [9.17, 15) is 15.2 Å². The van der Waals surface area contributed by atoms with Crippen LogP contribution in [0, 0.1) is 24.2 Å². The van der Waals surface area contributed by atoms with Crippen molar-refractivity contribution in [3.05, 3.63) is 87.8 Å². The van der Waals surface area contributed by atoms with Crippen molar-refractivity contribution >= 4 is 40.1 Å². The van der Waals surface area contributed by atoms with Crippen LogP contribution in [0.2, 0.25) is 5.15 Å². The number of fused-ring (bicyclic) bond motifs is 3. The maximum atomic E-state index is 11.8. The molecule has 3 unspecified atom stereocenters. The molecule has 9 heteroatoms. The summed E-state index contributed by atoms with van der Waals surface area (Å²) in [5.41, 5.74) is 5.08. The summed E-state index contributed by atoms with van der Waals surface area (Å²) in [6.45, 7) is 4.75. The van der Waals surface area contributed by atoms with Crippen molar-refractivity contribution in [1.29, 1.82) is 5.26 Å². The number of carboxylic acid groups (broad SMARTS) is 1. The van der Waals surface area contributed by atoms with Gasteiger partial charge < -0.3 is 15.3 Å². The molecule has 8 nitrogen and oxygen atoms in total. The van der Waals surface area contributed by atoms with Crippen molar-refractivity contribution in [1.82, 2.24) is 15.0 Å². The molecule has 2 N–H and O–H groups in total. The van der Waals surface area contributed by atoms with Crippen LogP contribution in [0.5, 0.6) is 0 Å². The Kier molecular flexibility index (Phi) is 6.32. The van der Waals surface area contributed by atoms with Crippen molar-refractivity contribution < 1.29 is 9.90 Å². The molecule has 4 atom stereocenters. The molecule has 1 aliphatic heterocycles. The van der Waals surface area contributed by atoms with Crippen LogP contribution in [0.15, 0.2) is 54.6 Å². The molecular formula is C30H27ClN6O2. The maximum Gasteiger partial charge on any atom is 0.356 e. The lowest BCUT2D eigenvalue weighted by Gasteiger charge is -2.33. The lowest BCUT2D eigenvalue weighted by Crippen LogP contribution is -2.36. The second kappa shape index (κ2) is 9.83. The zero-order valence-electron chi connectivity index (χ0n) is 21.6. The lowest BCUT2D eigenvalue weighted by atomic mass is 9.87. The largest absolute Gasteiger partial charge is 0.476 e. The topological polar surface area (TPSA) is 115 Å². The number of nitrogens with one attached hydrogen (secondary N) is 1. The van der Waals surface area contributed by atoms with Gasteiger partial charge in [-0.2, -0.15) is 5.26 Å². The first-order valence-corrected chi connectivity index (χ1v) is 13.4. The second-order valence-corrected chi connectivity index (χ2v) is 10.9. The number of aromatic carboxylic acids is 1. The number of hydrogen-bond acceptors (Lipinski definition) is 7. The fourth-order valence-electron chi connectivity index (χ4n) is 6.28. The van der Waals surface area contributed by atoms with Crippen LogP contribution in [-0.4, -0.2) is 38.6 Å². The Bertz CT molecular complexity index is 1640. The third-order valence-electron chi connectivity index (χ3n) is 7.98. The second-order valence-electron chi connectivity index (χ2n) is 10.5. The number of nitrogens with zero attached hydrogens (tertiary/aromatic N) is 5. The van der Waals surface area contributed by atoms with Gasteiger partial charge in [-0.25, -0.2) is 19.7 Å². The Morgan fingerprint density at radius 1 is 1.15 bits per heavy atom. The van der Waals surface area contributed by atoms with Gasteiger partial charge in [0, 0.05) is 18.2 Å². The van der Waals surface area contributed by atoms with E-state index < -0.39 is 5.97 Å². The van der Waals surface area contributed by atoms with Crippen LogP contribution >= 0.6 is 11.6 Å². The molecule has 1 aliphatic carbocycles. The SMILES string of the molecule is Cc1cc([C@@H](C)Nc2ccc(Cl)nc2C(=O)O)c2nc(N3CC4CC3CC4c3ccccc3)c(C#N)nc2c1. The van der Waals surface area contributed by atoms with E-state index in [2.05, 4.69) is 45.5 Å². The van der Waals surface area contributed by atoms with E-state index in [1.807, 2.05) is 32.0 Å². The normalized spacial score (nSPS) is 20.7. The fraction of sp³-hybridized carbons (Fsp3) is 0.300. The minimum atomic E-state index is -1.17. The van der Waals surface area contributed by atoms with Gasteiger partial charge in [0.15, 0.2) is 17.2 Å². The zero-order valence-corrected chi connectivity index (χ0v) is 22.4. The van der Waals surface area contributed by atoms with Gasteiger partial charge in [-0.05, 0) is 67.9 Å². The number of rotatable bonds is 6. The van der Waals surface area contributed by atoms with Crippen LogP contribution in [0.4, 0.5) is 11.5 Å². The Morgan fingerprint density at radius 3 is 2.64 bits per heavy atom. The van der Waals surface area contributed by atoms with Crippen LogP contribution in [-0.2, 0) is 0 Å². The number of benzene rings is 2. The Labute approximate surface area is 231 Å². The van der Waals surface area contributed by atoms with Crippen LogP contribution in [0.3, 0.4) is 0 Å². The highest BCUT2D eigenvalue weighted by Crippen LogP contribution is 2.49. The predicted octanol–water partition coefficient (Wildman–Crippen LogP) is 6.11. The first-order chi connectivity index (χ1) is 18.8. The molecule has 2 fully saturated rings. The summed E-state index contributed by atoms with van der Waals surface area (Å²) in [6.07, 6.45) is 2.10. The molecule has 1 saturated heterocycles. The Hall–Kier alpha value is -4.22. The third kappa shape index (κ3) is 4.53. The zero-order chi connectivity index (χ0) is 27.3. The van der Waals surface area contributed by atoms with Gasteiger partial charge in [0.25, 0.3) is 0 Å². The predicted molar refractivity (Wildman–Crippen MR) is 150 cm³/mol. The summed E-state index contributed by atoms with van der Waals surface area (Å²) in [4.78, 5) is 27.8. The number of hydrogen-bond donors (Lipinski definition) is 2. The molecule has 2 aromatic carbocycles. The highest BCUT2D eigenvalue weighted by Gasteiger charge is 2.46. The van der Waals surface area contributed by atoms with Crippen LogP contribution < -0.4 is 10.2 Å². The van der Waals surface area contributed by atoms with Crippen molar-refractivity contribution in [2.45, 2.75) is 44.7 Å². The molecule has 0 spiro atoms. The number of nitriles is 1. The van der Waals surface area contributed by atoms with Gasteiger partial charge in [0.05, 0.1) is 22.8 Å². The molecular weight excluding hydrogens is 512 g/mol. The highest BCUT2D eigenvalue weighted by molar-refractivity contribution is 6.29. The van der Waals surface area contributed by atoms with E-state index in [0.29, 0.717) is 46.1 Å². The molecule has 0 amide bonds. The molecule has 2 aliphatic rings. The number of carboxylic acids is 1. The minimum Gasteiger partial charge on any atom is -0.476 e. The number of piperidine rings is 1. The summed E-state index contributed by atoms with van der Waals surface area (Å²) in [5.74, 6) is 0.484. The average Bonchev–Trinajstić information content (AvgIpc) is 3.54. The van der Waals surface area contributed by atoms with E-state index >= 15 is 0 Å². The summed E-state index contributed by atoms with van der Waals surface area (Å²) in [5, 5.41) is 23.0. The van der Waals surface area contributed by atoms with Crippen molar-refractivity contribution in [3.8, 4) is 6.07 Å². The number of halogens is 1. The van der Waals surface area contributed by atoms with Gasteiger partial charge in [-0.1, -0.05) is 48.0 Å². The van der Waals surface area contributed by atoms with E-state index in [1.165, 1.54) is 5.56 Å². The molecule has 4 aromatic rings. The maximum absolute atomic E-state index is 11.8. The van der Waals surface area contributed by atoms with Gasteiger partial charge in [0.2, 0.25) is 0 Å². The monoisotopic (exact) mass is 538 g/mol. The molecule has 2 bridgehead atoms. The van der Waals surface area contributed by atoms with Crippen molar-refractivity contribution in [3.63, 3.8) is 0 Å². The highest BCUT2D eigenvalue weighted by atomic mass is 35.5. The quantitative estimate of drug-likeness (QED) is 0.282. The fourth-order valence-corrected chi connectivity index (χ4v) is 6.42. The summed E-state index contributed by atoms with van der Waals surface area (Å²) in [6, 6.07) is 20.1.